The summed E-state index contributed by atoms with van der Waals surface area (Å²) >= 11 is 0. The summed E-state index contributed by atoms with van der Waals surface area (Å²) in [5.41, 5.74) is 3.84. The minimum atomic E-state index is -0.436. The Morgan fingerprint density at radius 3 is 1.82 bits per heavy atom. The molecule has 0 atom stereocenters. The SMILES string of the molecule is Cc1cc(C)c2c(C)c(C)c(C)c(F)c2c1F. The highest BCUT2D eigenvalue weighted by atomic mass is 19.1. The second-order valence-corrected chi connectivity index (χ2v) is 4.76. The Hall–Kier alpha value is -1.44. The first-order valence-electron chi connectivity index (χ1n) is 5.71. The molecule has 0 nitrogen and oxygen atoms in total. The number of halogens is 2. The maximum atomic E-state index is 14.2. The lowest BCUT2D eigenvalue weighted by molar-refractivity contribution is 0.597. The number of aryl methyl sites for hydroxylation is 3. The van der Waals surface area contributed by atoms with E-state index >= 15 is 0 Å². The number of benzene rings is 2. The van der Waals surface area contributed by atoms with E-state index in [1.54, 1.807) is 19.9 Å². The summed E-state index contributed by atoms with van der Waals surface area (Å²) in [6.07, 6.45) is 0. The molecule has 0 saturated carbocycles. The molecule has 2 aromatic carbocycles. The van der Waals surface area contributed by atoms with Crippen molar-refractivity contribution in [3.05, 3.63) is 45.5 Å². The quantitative estimate of drug-likeness (QED) is 0.622. The van der Waals surface area contributed by atoms with Crippen molar-refractivity contribution in [3.8, 4) is 0 Å². The molecule has 0 aliphatic carbocycles. The first-order valence-corrected chi connectivity index (χ1v) is 5.71. The van der Waals surface area contributed by atoms with Crippen LogP contribution in [0, 0.1) is 46.3 Å². The van der Waals surface area contributed by atoms with Crippen LogP contribution < -0.4 is 0 Å². The fourth-order valence-electron chi connectivity index (χ4n) is 2.47. The molecule has 0 saturated heterocycles. The van der Waals surface area contributed by atoms with Gasteiger partial charge in [0.1, 0.15) is 11.6 Å². The maximum Gasteiger partial charge on any atom is 0.137 e. The highest BCUT2D eigenvalue weighted by Crippen LogP contribution is 2.33. The van der Waals surface area contributed by atoms with Crippen LogP contribution >= 0.6 is 0 Å². The third-order valence-electron chi connectivity index (χ3n) is 3.69. The molecule has 17 heavy (non-hydrogen) atoms. The molecule has 0 heterocycles. The molecule has 0 aliphatic heterocycles. The van der Waals surface area contributed by atoms with Gasteiger partial charge in [0, 0.05) is 0 Å². The molecule has 0 fully saturated rings. The standard InChI is InChI=1S/C15H16F2/c1-7-6-8(2)14(16)13-12(7)10(4)9(3)11(5)15(13)17/h6H,1-5H3. The minimum absolute atomic E-state index is 0.142. The van der Waals surface area contributed by atoms with Crippen LogP contribution in [0.2, 0.25) is 0 Å². The van der Waals surface area contributed by atoms with Gasteiger partial charge in [0.2, 0.25) is 0 Å². The summed E-state index contributed by atoms with van der Waals surface area (Å²) in [6, 6.07) is 1.78. The van der Waals surface area contributed by atoms with E-state index < -0.39 is 11.6 Å². The van der Waals surface area contributed by atoms with Gasteiger partial charge in [0.25, 0.3) is 0 Å². The van der Waals surface area contributed by atoms with Crippen molar-refractivity contribution >= 4 is 10.8 Å². The molecule has 2 heteroatoms. The zero-order valence-corrected chi connectivity index (χ0v) is 10.8. The first-order chi connectivity index (χ1) is 7.86. The fourth-order valence-corrected chi connectivity index (χ4v) is 2.47. The summed E-state index contributed by atoms with van der Waals surface area (Å²) < 4.78 is 28.3. The van der Waals surface area contributed by atoms with Crippen LogP contribution in [-0.4, -0.2) is 0 Å². The zero-order valence-electron chi connectivity index (χ0n) is 10.8. The topological polar surface area (TPSA) is 0 Å². The Morgan fingerprint density at radius 1 is 0.647 bits per heavy atom. The predicted molar refractivity (Wildman–Crippen MR) is 67.5 cm³/mol. The van der Waals surface area contributed by atoms with Gasteiger partial charge in [0.05, 0.1) is 5.39 Å². The van der Waals surface area contributed by atoms with Crippen LogP contribution in [0.1, 0.15) is 27.8 Å². The Bertz CT molecular complexity index is 625. The number of rotatable bonds is 0. The van der Waals surface area contributed by atoms with Gasteiger partial charge in [-0.25, -0.2) is 8.78 Å². The van der Waals surface area contributed by atoms with Crippen LogP contribution in [0.15, 0.2) is 6.07 Å². The van der Waals surface area contributed by atoms with Gasteiger partial charge in [0.15, 0.2) is 0 Å². The van der Waals surface area contributed by atoms with Crippen LogP contribution in [0.5, 0.6) is 0 Å². The number of hydrogen-bond donors (Lipinski definition) is 0. The number of hydrogen-bond acceptors (Lipinski definition) is 0. The Balaban J connectivity index is 3.17. The van der Waals surface area contributed by atoms with Crippen molar-refractivity contribution in [2.75, 3.05) is 0 Å². The molecular formula is C15H16F2. The molecule has 2 rings (SSSR count). The summed E-state index contributed by atoms with van der Waals surface area (Å²) in [6.45, 7) is 9.08. The smallest absolute Gasteiger partial charge is 0.137 e. The van der Waals surface area contributed by atoms with Crippen molar-refractivity contribution in [3.63, 3.8) is 0 Å². The van der Waals surface area contributed by atoms with E-state index in [1.807, 2.05) is 20.8 Å². The van der Waals surface area contributed by atoms with Crippen molar-refractivity contribution in [2.45, 2.75) is 34.6 Å². The van der Waals surface area contributed by atoms with Crippen LogP contribution in [-0.2, 0) is 0 Å². The van der Waals surface area contributed by atoms with Crippen LogP contribution in [0.4, 0.5) is 8.78 Å². The van der Waals surface area contributed by atoms with Gasteiger partial charge >= 0.3 is 0 Å². The van der Waals surface area contributed by atoms with Gasteiger partial charge in [-0.05, 0) is 67.8 Å². The van der Waals surface area contributed by atoms with Gasteiger partial charge < -0.3 is 0 Å². The molecule has 0 aliphatic rings. The molecule has 0 N–H and O–H groups in total. The fraction of sp³-hybridized carbons (Fsp3) is 0.333. The van der Waals surface area contributed by atoms with E-state index in [2.05, 4.69) is 0 Å². The summed E-state index contributed by atoms with van der Waals surface area (Å²) in [5, 5.41) is 0.858. The summed E-state index contributed by atoms with van der Waals surface area (Å²) in [4.78, 5) is 0. The third-order valence-corrected chi connectivity index (χ3v) is 3.69. The van der Waals surface area contributed by atoms with Crippen molar-refractivity contribution in [1.29, 1.82) is 0 Å². The van der Waals surface area contributed by atoms with E-state index in [1.165, 1.54) is 0 Å². The van der Waals surface area contributed by atoms with Gasteiger partial charge in [-0.2, -0.15) is 0 Å². The van der Waals surface area contributed by atoms with Crippen LogP contribution in [0.25, 0.3) is 10.8 Å². The van der Waals surface area contributed by atoms with Gasteiger partial charge in [-0.3, -0.25) is 0 Å². The molecule has 0 bridgehead atoms. The molecule has 0 spiro atoms. The second-order valence-electron chi connectivity index (χ2n) is 4.76. The van der Waals surface area contributed by atoms with Crippen molar-refractivity contribution in [2.24, 2.45) is 0 Å². The molecule has 2 aromatic rings. The lowest BCUT2D eigenvalue weighted by atomic mass is 9.91. The average molecular weight is 234 g/mol. The molecule has 0 radical (unpaired) electrons. The van der Waals surface area contributed by atoms with E-state index in [-0.39, 0.29) is 5.39 Å². The average Bonchev–Trinajstić information content (AvgIpc) is 2.28. The third kappa shape index (κ3) is 1.54. The summed E-state index contributed by atoms with van der Waals surface area (Å²) in [5.74, 6) is -0.860. The molecule has 0 aromatic heterocycles. The molecule has 0 unspecified atom stereocenters. The van der Waals surface area contributed by atoms with E-state index in [9.17, 15) is 8.78 Å². The summed E-state index contributed by atoms with van der Waals surface area (Å²) in [7, 11) is 0. The minimum Gasteiger partial charge on any atom is -0.206 e. The molecule has 0 amide bonds. The molecular weight excluding hydrogens is 218 g/mol. The highest BCUT2D eigenvalue weighted by Gasteiger charge is 2.18. The van der Waals surface area contributed by atoms with E-state index in [0.717, 1.165) is 16.7 Å². The monoisotopic (exact) mass is 234 g/mol. The van der Waals surface area contributed by atoms with Crippen molar-refractivity contribution in [1.82, 2.24) is 0 Å². The highest BCUT2D eigenvalue weighted by molar-refractivity contribution is 5.92. The lowest BCUT2D eigenvalue weighted by Crippen LogP contribution is -2.00. The van der Waals surface area contributed by atoms with Gasteiger partial charge in [-0.1, -0.05) is 6.07 Å². The Labute approximate surface area is 100 Å². The van der Waals surface area contributed by atoms with E-state index in [4.69, 9.17) is 0 Å². The molecule has 90 valence electrons. The Kier molecular flexibility index (Phi) is 2.69. The Morgan fingerprint density at radius 2 is 1.24 bits per heavy atom. The normalized spacial score (nSPS) is 11.2. The van der Waals surface area contributed by atoms with Crippen molar-refractivity contribution < 1.29 is 8.78 Å². The van der Waals surface area contributed by atoms with Crippen LogP contribution in [0.3, 0.4) is 0 Å². The largest absolute Gasteiger partial charge is 0.206 e. The first kappa shape index (κ1) is 12.0. The predicted octanol–water partition coefficient (Wildman–Crippen LogP) is 4.66. The lowest BCUT2D eigenvalue weighted by Gasteiger charge is -2.15. The number of fused-ring (bicyclic) bond motifs is 1. The second kappa shape index (κ2) is 3.80. The maximum absolute atomic E-state index is 14.2. The zero-order chi connectivity index (χ0) is 12.9. The van der Waals surface area contributed by atoms with Gasteiger partial charge in [-0.15, -0.1) is 0 Å². The van der Waals surface area contributed by atoms with E-state index in [0.29, 0.717) is 16.5 Å².